The largest absolute Gasteiger partial charge is 0.454 e. The third-order valence-corrected chi connectivity index (χ3v) is 4.65. The van der Waals surface area contributed by atoms with E-state index < -0.39 is 17.2 Å². The lowest BCUT2D eigenvalue weighted by molar-refractivity contribution is 0.0458. The summed E-state index contributed by atoms with van der Waals surface area (Å²) in [6, 6.07) is 1.65. The number of carbonyl (C=O) groups is 1. The highest BCUT2D eigenvalue weighted by Crippen LogP contribution is 2.15. The second-order valence-corrected chi connectivity index (χ2v) is 6.71. The molecule has 9 heteroatoms. The lowest BCUT2D eigenvalue weighted by Gasteiger charge is -2.08. The number of ether oxygens (including phenoxy) is 1. The highest BCUT2D eigenvalue weighted by molar-refractivity contribution is 5.90. The van der Waals surface area contributed by atoms with E-state index in [0.29, 0.717) is 35.6 Å². The van der Waals surface area contributed by atoms with E-state index in [2.05, 4.69) is 15.0 Å². The molecule has 0 bridgehead atoms. The monoisotopic (exact) mass is 387 g/mol. The summed E-state index contributed by atoms with van der Waals surface area (Å²) in [5, 5.41) is 0. The Balaban J connectivity index is 2.01. The Morgan fingerprint density at radius 2 is 1.96 bits per heavy atom. The van der Waals surface area contributed by atoms with Crippen molar-refractivity contribution < 1.29 is 9.53 Å². The Hall–Kier alpha value is -3.10. The van der Waals surface area contributed by atoms with Gasteiger partial charge in [-0.05, 0) is 25.8 Å². The molecule has 9 nitrogen and oxygen atoms in total. The standard InChI is InChI=1S/C19H25N5O4/c1-4-6-10-24-16-15(17(25)22-19(24)27)23(9-5-2)14(21-16)11-28-18(26)13-7-8-20-12(13)3/h7-8,20H,4-6,9-11H2,1-3H3,(H,22,25,27). The number of esters is 1. The van der Waals surface area contributed by atoms with Crippen LogP contribution in [0.5, 0.6) is 0 Å². The smallest absolute Gasteiger partial charge is 0.340 e. The summed E-state index contributed by atoms with van der Waals surface area (Å²) in [7, 11) is 0. The zero-order chi connectivity index (χ0) is 20.3. The maximum absolute atomic E-state index is 12.5. The highest BCUT2D eigenvalue weighted by Gasteiger charge is 2.20. The van der Waals surface area contributed by atoms with E-state index in [1.165, 1.54) is 4.57 Å². The second-order valence-electron chi connectivity index (χ2n) is 6.71. The second kappa shape index (κ2) is 8.28. The minimum absolute atomic E-state index is 0.0838. The number of carbonyl (C=O) groups excluding carboxylic acids is 1. The van der Waals surface area contributed by atoms with Gasteiger partial charge in [0, 0.05) is 25.0 Å². The maximum Gasteiger partial charge on any atom is 0.340 e. The third kappa shape index (κ3) is 3.64. The van der Waals surface area contributed by atoms with Crippen LogP contribution >= 0.6 is 0 Å². The number of imidazole rings is 1. The molecule has 0 saturated carbocycles. The van der Waals surface area contributed by atoms with Crippen LogP contribution in [0.4, 0.5) is 0 Å². The van der Waals surface area contributed by atoms with Crippen LogP contribution in [0.15, 0.2) is 21.9 Å². The number of nitrogens with one attached hydrogen (secondary N) is 2. The molecule has 0 aliphatic heterocycles. The van der Waals surface area contributed by atoms with Gasteiger partial charge in [-0.25, -0.2) is 14.6 Å². The van der Waals surface area contributed by atoms with E-state index in [1.54, 1.807) is 23.8 Å². The van der Waals surface area contributed by atoms with Crippen molar-refractivity contribution in [3.8, 4) is 0 Å². The molecule has 150 valence electrons. The van der Waals surface area contributed by atoms with E-state index in [9.17, 15) is 14.4 Å². The predicted octanol–water partition coefficient (Wildman–Crippen LogP) is 2.09. The molecule has 3 heterocycles. The topological polar surface area (TPSA) is 115 Å². The molecule has 2 N–H and O–H groups in total. The van der Waals surface area contributed by atoms with Gasteiger partial charge >= 0.3 is 11.7 Å². The van der Waals surface area contributed by atoms with Crippen molar-refractivity contribution in [2.45, 2.75) is 59.7 Å². The Morgan fingerprint density at radius 3 is 2.61 bits per heavy atom. The molecule has 0 aliphatic carbocycles. The van der Waals surface area contributed by atoms with Crippen molar-refractivity contribution in [3.05, 3.63) is 50.2 Å². The van der Waals surface area contributed by atoms with Crippen LogP contribution < -0.4 is 11.2 Å². The summed E-state index contributed by atoms with van der Waals surface area (Å²) in [6.45, 7) is 6.70. The fourth-order valence-corrected chi connectivity index (χ4v) is 3.20. The van der Waals surface area contributed by atoms with E-state index in [1.807, 2.05) is 13.8 Å². The number of aromatic nitrogens is 5. The van der Waals surface area contributed by atoms with Crippen LogP contribution in [0.3, 0.4) is 0 Å². The van der Waals surface area contributed by atoms with Gasteiger partial charge in [0.1, 0.15) is 12.4 Å². The predicted molar refractivity (Wildman–Crippen MR) is 104 cm³/mol. The van der Waals surface area contributed by atoms with Crippen LogP contribution in [0.25, 0.3) is 11.2 Å². The average Bonchev–Trinajstić information content (AvgIpc) is 3.24. The van der Waals surface area contributed by atoms with Crippen molar-refractivity contribution in [2.75, 3.05) is 0 Å². The third-order valence-electron chi connectivity index (χ3n) is 4.65. The zero-order valence-corrected chi connectivity index (χ0v) is 16.4. The van der Waals surface area contributed by atoms with Gasteiger partial charge in [-0.3, -0.25) is 14.3 Å². The molecule has 0 atom stereocenters. The fourth-order valence-electron chi connectivity index (χ4n) is 3.20. The van der Waals surface area contributed by atoms with Crippen LogP contribution in [0, 0.1) is 6.92 Å². The van der Waals surface area contributed by atoms with E-state index in [-0.39, 0.29) is 6.61 Å². The van der Waals surface area contributed by atoms with Gasteiger partial charge in [0.05, 0.1) is 5.56 Å². The fraction of sp³-hybridized carbons (Fsp3) is 0.474. The first kappa shape index (κ1) is 19.7. The van der Waals surface area contributed by atoms with Crippen molar-refractivity contribution in [1.82, 2.24) is 24.1 Å². The van der Waals surface area contributed by atoms with Crippen LogP contribution in [0.1, 0.15) is 55.0 Å². The summed E-state index contributed by atoms with van der Waals surface area (Å²) in [5.74, 6) is -0.0223. The summed E-state index contributed by atoms with van der Waals surface area (Å²) in [6.07, 6.45) is 4.13. The summed E-state index contributed by atoms with van der Waals surface area (Å²) >= 11 is 0. The van der Waals surface area contributed by atoms with Crippen molar-refractivity contribution in [1.29, 1.82) is 0 Å². The summed E-state index contributed by atoms with van der Waals surface area (Å²) < 4.78 is 8.63. The Morgan fingerprint density at radius 1 is 1.18 bits per heavy atom. The molecule has 0 aliphatic rings. The van der Waals surface area contributed by atoms with Crippen LogP contribution in [0.2, 0.25) is 0 Å². The van der Waals surface area contributed by atoms with Gasteiger partial charge in [-0.1, -0.05) is 20.3 Å². The van der Waals surface area contributed by atoms with Gasteiger partial charge in [-0.2, -0.15) is 0 Å². The Kier molecular flexibility index (Phi) is 5.81. The molecular formula is C19H25N5O4. The maximum atomic E-state index is 12.5. The van der Waals surface area contributed by atoms with Crippen LogP contribution in [-0.2, 0) is 24.4 Å². The molecule has 0 saturated heterocycles. The normalized spacial score (nSPS) is 11.2. The number of hydrogen-bond donors (Lipinski definition) is 2. The highest BCUT2D eigenvalue weighted by atomic mass is 16.5. The van der Waals surface area contributed by atoms with E-state index in [0.717, 1.165) is 25.0 Å². The van der Waals surface area contributed by atoms with Crippen molar-refractivity contribution in [2.24, 2.45) is 0 Å². The SMILES string of the molecule is CCCCn1c(=O)[nH]c(=O)c2c1nc(COC(=O)c1cc[nH]c1C)n2CCC. The molecule has 0 aromatic carbocycles. The van der Waals surface area contributed by atoms with Gasteiger partial charge in [0.15, 0.2) is 11.2 Å². The molecule has 28 heavy (non-hydrogen) atoms. The Bertz CT molecular complexity index is 1100. The first-order valence-electron chi connectivity index (χ1n) is 9.51. The van der Waals surface area contributed by atoms with Gasteiger partial charge in [0.2, 0.25) is 0 Å². The minimum atomic E-state index is -0.479. The van der Waals surface area contributed by atoms with Gasteiger partial charge < -0.3 is 14.3 Å². The van der Waals surface area contributed by atoms with Gasteiger partial charge in [-0.15, -0.1) is 0 Å². The molecule has 0 amide bonds. The Labute approximate surface area is 161 Å². The summed E-state index contributed by atoms with van der Waals surface area (Å²) in [5.41, 5.74) is 0.889. The quantitative estimate of drug-likeness (QED) is 0.574. The number of H-pyrrole nitrogens is 2. The molecule has 3 aromatic rings. The molecule has 0 spiro atoms. The number of aromatic amines is 2. The number of rotatable bonds is 8. The molecule has 3 aromatic heterocycles. The van der Waals surface area contributed by atoms with Gasteiger partial charge in [0.25, 0.3) is 5.56 Å². The number of hydrogen-bond acceptors (Lipinski definition) is 5. The van der Waals surface area contributed by atoms with Crippen molar-refractivity contribution in [3.63, 3.8) is 0 Å². The zero-order valence-electron chi connectivity index (χ0n) is 16.4. The number of nitrogens with zero attached hydrogens (tertiary/aromatic N) is 3. The number of unbranched alkanes of at least 4 members (excludes halogenated alkanes) is 1. The molecule has 0 radical (unpaired) electrons. The van der Waals surface area contributed by atoms with Crippen LogP contribution in [-0.4, -0.2) is 30.1 Å². The summed E-state index contributed by atoms with van der Waals surface area (Å²) in [4.78, 5) is 46.9. The molecule has 0 fully saturated rings. The lowest BCUT2D eigenvalue weighted by Crippen LogP contribution is -2.31. The molecular weight excluding hydrogens is 362 g/mol. The van der Waals surface area contributed by atoms with E-state index in [4.69, 9.17) is 4.74 Å². The first-order valence-corrected chi connectivity index (χ1v) is 9.51. The van der Waals surface area contributed by atoms with Crippen molar-refractivity contribution >= 4 is 17.1 Å². The lowest BCUT2D eigenvalue weighted by atomic mass is 10.2. The number of aryl methyl sites for hydroxylation is 3. The minimum Gasteiger partial charge on any atom is -0.454 e. The first-order chi connectivity index (χ1) is 13.5. The number of fused-ring (bicyclic) bond motifs is 1. The van der Waals surface area contributed by atoms with E-state index >= 15 is 0 Å². The molecule has 0 unspecified atom stereocenters. The molecule has 3 rings (SSSR count). The average molecular weight is 387 g/mol.